The van der Waals surface area contributed by atoms with Crippen LogP contribution >= 0.6 is 23.8 Å². The third-order valence-corrected chi connectivity index (χ3v) is 4.02. The molecule has 1 saturated heterocycles. The molecule has 0 radical (unpaired) electrons. The highest BCUT2D eigenvalue weighted by Gasteiger charge is 2.22. The van der Waals surface area contributed by atoms with Crippen LogP contribution in [0.15, 0.2) is 24.3 Å². The molecule has 0 aromatic heterocycles. The number of nitrogens with zero attached hydrogens (tertiary/aromatic N) is 1. The molecule has 2 rings (SSSR count). The molecule has 2 atom stereocenters. The summed E-state index contributed by atoms with van der Waals surface area (Å²) in [5, 5.41) is 3.93. The van der Waals surface area contributed by atoms with Crippen molar-refractivity contribution in [1.82, 2.24) is 15.8 Å². The van der Waals surface area contributed by atoms with E-state index in [1.165, 1.54) is 0 Å². The number of benzene rings is 1. The minimum Gasteiger partial charge on any atom is -0.373 e. The van der Waals surface area contributed by atoms with Gasteiger partial charge in [-0.15, -0.1) is 0 Å². The Labute approximate surface area is 152 Å². The molecule has 8 heteroatoms. The first kappa shape index (κ1) is 18.9. The molecule has 0 aliphatic carbocycles. The third-order valence-electron chi connectivity index (χ3n) is 3.57. The van der Waals surface area contributed by atoms with Gasteiger partial charge in [-0.05, 0) is 50.3 Å². The molecule has 1 aromatic rings. The van der Waals surface area contributed by atoms with Gasteiger partial charge in [0.25, 0.3) is 0 Å². The van der Waals surface area contributed by atoms with Gasteiger partial charge in [-0.25, -0.2) is 0 Å². The number of hydrogen-bond donors (Lipinski definition) is 3. The zero-order valence-electron chi connectivity index (χ0n) is 13.8. The largest absolute Gasteiger partial charge is 0.373 e. The molecule has 6 nitrogen and oxygen atoms in total. The molecular formula is C16H23ClN4O2S. The average Bonchev–Trinajstić information content (AvgIpc) is 2.52. The second kappa shape index (κ2) is 9.17. The van der Waals surface area contributed by atoms with Gasteiger partial charge in [-0.2, -0.15) is 0 Å². The summed E-state index contributed by atoms with van der Waals surface area (Å²) in [5.41, 5.74) is 6.09. The van der Waals surface area contributed by atoms with Crippen LogP contribution in [-0.4, -0.2) is 47.8 Å². The highest BCUT2D eigenvalue weighted by Crippen LogP contribution is 2.13. The highest BCUT2D eigenvalue weighted by molar-refractivity contribution is 7.80. The standard InChI is InChI=1S/C16H23ClN4O2S/c1-11-9-21(10-12(2)23-11)8-7-15(22)19-20-16(24)18-14-5-3-13(17)4-6-14/h3-6,11-12H,7-10H2,1-2H3,(H,19,22)(H2,18,20,24)/t11-,12+. The molecule has 1 aliphatic heterocycles. The van der Waals surface area contributed by atoms with Crippen molar-refractivity contribution in [2.45, 2.75) is 32.5 Å². The molecule has 1 fully saturated rings. The fraction of sp³-hybridized carbons (Fsp3) is 0.500. The lowest BCUT2D eigenvalue weighted by atomic mass is 10.2. The second-order valence-corrected chi connectivity index (χ2v) is 6.75. The maximum atomic E-state index is 11.9. The number of nitrogens with one attached hydrogen (secondary N) is 3. The fourth-order valence-corrected chi connectivity index (χ4v) is 2.91. The monoisotopic (exact) mass is 370 g/mol. The quantitative estimate of drug-likeness (QED) is 0.557. The number of anilines is 1. The first-order valence-corrected chi connectivity index (χ1v) is 8.70. The van der Waals surface area contributed by atoms with Crippen molar-refractivity contribution in [3.63, 3.8) is 0 Å². The maximum absolute atomic E-state index is 11.9. The van der Waals surface area contributed by atoms with Gasteiger partial charge in [0.15, 0.2) is 5.11 Å². The van der Waals surface area contributed by atoms with Gasteiger partial charge in [0.05, 0.1) is 12.2 Å². The van der Waals surface area contributed by atoms with Crippen LogP contribution in [-0.2, 0) is 9.53 Å². The van der Waals surface area contributed by atoms with Crippen molar-refractivity contribution in [3.05, 3.63) is 29.3 Å². The van der Waals surface area contributed by atoms with Gasteiger partial charge in [-0.1, -0.05) is 11.6 Å². The molecule has 0 unspecified atom stereocenters. The number of halogens is 1. The Bertz CT molecular complexity index is 560. The Morgan fingerprint density at radius 3 is 2.50 bits per heavy atom. The number of thiocarbonyl (C=S) groups is 1. The normalized spacial score (nSPS) is 21.1. The lowest BCUT2D eigenvalue weighted by Gasteiger charge is -2.35. The number of amides is 1. The molecule has 1 aliphatic rings. The van der Waals surface area contributed by atoms with E-state index in [1.54, 1.807) is 24.3 Å². The van der Waals surface area contributed by atoms with Gasteiger partial charge in [0.1, 0.15) is 0 Å². The van der Waals surface area contributed by atoms with E-state index in [1.807, 2.05) is 13.8 Å². The van der Waals surface area contributed by atoms with E-state index >= 15 is 0 Å². The van der Waals surface area contributed by atoms with Crippen LogP contribution in [0.3, 0.4) is 0 Å². The Morgan fingerprint density at radius 1 is 1.25 bits per heavy atom. The van der Waals surface area contributed by atoms with Crippen molar-refractivity contribution in [1.29, 1.82) is 0 Å². The predicted octanol–water partition coefficient (Wildman–Crippen LogP) is 2.16. The van der Waals surface area contributed by atoms with Crippen LogP contribution in [0.1, 0.15) is 20.3 Å². The van der Waals surface area contributed by atoms with E-state index < -0.39 is 0 Å². The maximum Gasteiger partial charge on any atom is 0.239 e. The summed E-state index contributed by atoms with van der Waals surface area (Å²) in [5.74, 6) is -0.109. The van der Waals surface area contributed by atoms with Crippen LogP contribution in [0.4, 0.5) is 5.69 Å². The zero-order valence-corrected chi connectivity index (χ0v) is 15.4. The summed E-state index contributed by atoms with van der Waals surface area (Å²) in [7, 11) is 0. The molecular weight excluding hydrogens is 348 g/mol. The van der Waals surface area contributed by atoms with Crippen LogP contribution < -0.4 is 16.2 Å². The molecule has 1 heterocycles. The summed E-state index contributed by atoms with van der Waals surface area (Å²) >= 11 is 11.0. The van der Waals surface area contributed by atoms with E-state index in [2.05, 4.69) is 21.1 Å². The zero-order chi connectivity index (χ0) is 17.5. The molecule has 132 valence electrons. The Morgan fingerprint density at radius 2 is 1.88 bits per heavy atom. The number of morpholine rings is 1. The number of hydrazine groups is 1. The topological polar surface area (TPSA) is 65.6 Å². The Hall–Kier alpha value is -1.41. The van der Waals surface area contributed by atoms with Crippen molar-refractivity contribution in [2.24, 2.45) is 0 Å². The number of rotatable bonds is 4. The fourth-order valence-electron chi connectivity index (χ4n) is 2.61. The van der Waals surface area contributed by atoms with Crippen molar-refractivity contribution in [3.8, 4) is 0 Å². The van der Waals surface area contributed by atoms with Crippen molar-refractivity contribution in [2.75, 3.05) is 25.0 Å². The minimum atomic E-state index is -0.109. The lowest BCUT2D eigenvalue weighted by molar-refractivity contribution is -0.123. The molecule has 24 heavy (non-hydrogen) atoms. The number of carbonyl (C=O) groups excluding carboxylic acids is 1. The van der Waals surface area contributed by atoms with Crippen LogP contribution in [0, 0.1) is 0 Å². The van der Waals surface area contributed by atoms with E-state index in [9.17, 15) is 4.79 Å². The van der Waals surface area contributed by atoms with E-state index in [4.69, 9.17) is 28.6 Å². The first-order chi connectivity index (χ1) is 11.4. The van der Waals surface area contributed by atoms with Crippen LogP contribution in [0.2, 0.25) is 5.02 Å². The summed E-state index contributed by atoms with van der Waals surface area (Å²) in [6.45, 7) is 6.49. The lowest BCUT2D eigenvalue weighted by Crippen LogP contribution is -2.48. The minimum absolute atomic E-state index is 0.109. The Balaban J connectivity index is 1.65. The SMILES string of the molecule is C[C@@H]1CN(CCC(=O)NNC(=S)Nc2ccc(Cl)cc2)C[C@H](C)O1. The van der Waals surface area contributed by atoms with Gasteiger partial charge >= 0.3 is 0 Å². The molecule has 1 aromatic carbocycles. The number of carbonyl (C=O) groups is 1. The summed E-state index contributed by atoms with van der Waals surface area (Å²) in [6.07, 6.45) is 0.799. The highest BCUT2D eigenvalue weighted by atomic mass is 35.5. The van der Waals surface area contributed by atoms with E-state index in [0.29, 0.717) is 23.1 Å². The summed E-state index contributed by atoms with van der Waals surface area (Å²) in [4.78, 5) is 14.2. The van der Waals surface area contributed by atoms with Gasteiger partial charge in [0, 0.05) is 36.8 Å². The smallest absolute Gasteiger partial charge is 0.239 e. The van der Waals surface area contributed by atoms with E-state index in [0.717, 1.165) is 18.8 Å². The summed E-state index contributed by atoms with van der Waals surface area (Å²) < 4.78 is 5.68. The molecule has 0 saturated carbocycles. The van der Waals surface area contributed by atoms with Crippen molar-refractivity contribution >= 4 is 40.5 Å². The van der Waals surface area contributed by atoms with Crippen LogP contribution in [0.5, 0.6) is 0 Å². The number of hydrogen-bond acceptors (Lipinski definition) is 4. The number of ether oxygens (including phenoxy) is 1. The molecule has 3 N–H and O–H groups in total. The second-order valence-electron chi connectivity index (χ2n) is 5.90. The molecule has 0 spiro atoms. The molecule has 0 bridgehead atoms. The predicted molar refractivity (Wildman–Crippen MR) is 100 cm³/mol. The van der Waals surface area contributed by atoms with Gasteiger partial charge in [0.2, 0.25) is 5.91 Å². The molecule has 1 amide bonds. The van der Waals surface area contributed by atoms with E-state index in [-0.39, 0.29) is 18.1 Å². The third kappa shape index (κ3) is 6.60. The van der Waals surface area contributed by atoms with Crippen molar-refractivity contribution < 1.29 is 9.53 Å². The average molecular weight is 371 g/mol. The summed E-state index contributed by atoms with van der Waals surface area (Å²) in [6, 6.07) is 7.13. The first-order valence-electron chi connectivity index (χ1n) is 7.91. The van der Waals surface area contributed by atoms with Crippen LogP contribution in [0.25, 0.3) is 0 Å². The van der Waals surface area contributed by atoms with Gasteiger partial charge in [-0.3, -0.25) is 20.5 Å². The van der Waals surface area contributed by atoms with Gasteiger partial charge < -0.3 is 10.1 Å². The Kier molecular flexibility index (Phi) is 7.23.